The first-order chi connectivity index (χ1) is 7.86. The minimum absolute atomic E-state index is 0.207. The molecule has 0 aromatic heterocycles. The van der Waals surface area contributed by atoms with E-state index in [0.29, 0.717) is 0 Å². The van der Waals surface area contributed by atoms with E-state index in [1.54, 1.807) is 6.08 Å². The first kappa shape index (κ1) is 11.6. The summed E-state index contributed by atoms with van der Waals surface area (Å²) in [5.41, 5.74) is 0. The molecule has 0 bridgehead atoms. The maximum absolute atomic E-state index is 11.8. The summed E-state index contributed by atoms with van der Waals surface area (Å²) >= 11 is 0. The van der Waals surface area contributed by atoms with Crippen LogP contribution in [0.2, 0.25) is 0 Å². The van der Waals surface area contributed by atoms with E-state index in [1.807, 2.05) is 11.0 Å². The van der Waals surface area contributed by atoms with Crippen molar-refractivity contribution in [3.8, 4) is 0 Å². The molecule has 0 unspecified atom stereocenters. The minimum atomic E-state index is 0.207. The molecular formula is C13H22N2O. The molecule has 0 spiro atoms. The van der Waals surface area contributed by atoms with Gasteiger partial charge in [-0.2, -0.15) is 0 Å². The van der Waals surface area contributed by atoms with Crippen molar-refractivity contribution in [1.82, 2.24) is 9.80 Å². The Morgan fingerprint density at radius 2 is 1.56 bits per heavy atom. The zero-order valence-corrected chi connectivity index (χ0v) is 10.0. The lowest BCUT2D eigenvalue weighted by Gasteiger charge is -2.25. The van der Waals surface area contributed by atoms with Gasteiger partial charge in [-0.3, -0.25) is 9.69 Å². The summed E-state index contributed by atoms with van der Waals surface area (Å²) in [4.78, 5) is 16.2. The van der Waals surface area contributed by atoms with Gasteiger partial charge >= 0.3 is 0 Å². The van der Waals surface area contributed by atoms with Gasteiger partial charge in [0.2, 0.25) is 5.91 Å². The van der Waals surface area contributed by atoms with E-state index < -0.39 is 0 Å². The molecule has 2 heterocycles. The molecular weight excluding hydrogens is 200 g/mol. The molecule has 0 radical (unpaired) electrons. The van der Waals surface area contributed by atoms with Crippen LogP contribution < -0.4 is 0 Å². The monoisotopic (exact) mass is 222 g/mol. The molecule has 0 N–H and O–H groups in total. The van der Waals surface area contributed by atoms with Crippen LogP contribution in [-0.2, 0) is 4.79 Å². The smallest absolute Gasteiger partial charge is 0.246 e. The van der Waals surface area contributed by atoms with Crippen molar-refractivity contribution in [2.24, 2.45) is 0 Å². The second-order valence-corrected chi connectivity index (χ2v) is 4.80. The molecule has 2 aliphatic heterocycles. The summed E-state index contributed by atoms with van der Waals surface area (Å²) < 4.78 is 0. The van der Waals surface area contributed by atoms with Crippen LogP contribution in [0, 0.1) is 0 Å². The van der Waals surface area contributed by atoms with Crippen LogP contribution in [0.3, 0.4) is 0 Å². The van der Waals surface area contributed by atoms with Gasteiger partial charge in [0.25, 0.3) is 0 Å². The molecule has 0 saturated carbocycles. The Hall–Kier alpha value is -0.830. The summed E-state index contributed by atoms with van der Waals surface area (Å²) in [7, 11) is 0. The fourth-order valence-electron chi connectivity index (χ4n) is 2.49. The van der Waals surface area contributed by atoms with Gasteiger partial charge in [0, 0.05) is 25.7 Å². The molecule has 0 aromatic carbocycles. The predicted octanol–water partition coefficient (Wildman–Crippen LogP) is 1.65. The van der Waals surface area contributed by atoms with E-state index in [2.05, 4.69) is 4.90 Å². The SMILES string of the molecule is O=C(/C=C/CN1CCCC1)N1CCCCC1. The predicted molar refractivity (Wildman–Crippen MR) is 65.2 cm³/mol. The minimum Gasteiger partial charge on any atom is -0.339 e. The van der Waals surface area contributed by atoms with Crippen molar-refractivity contribution < 1.29 is 4.79 Å². The maximum atomic E-state index is 11.8. The molecule has 0 atom stereocenters. The molecule has 3 nitrogen and oxygen atoms in total. The molecule has 0 aliphatic carbocycles. The van der Waals surface area contributed by atoms with Gasteiger partial charge in [-0.15, -0.1) is 0 Å². The van der Waals surface area contributed by atoms with Crippen molar-refractivity contribution in [1.29, 1.82) is 0 Å². The van der Waals surface area contributed by atoms with Crippen LogP contribution >= 0.6 is 0 Å². The Bertz CT molecular complexity index is 251. The van der Waals surface area contributed by atoms with Gasteiger partial charge in [-0.25, -0.2) is 0 Å². The van der Waals surface area contributed by atoms with Gasteiger partial charge < -0.3 is 4.90 Å². The summed E-state index contributed by atoms with van der Waals surface area (Å²) in [6.07, 6.45) is 10.0. The van der Waals surface area contributed by atoms with Gasteiger partial charge in [0.05, 0.1) is 0 Å². The van der Waals surface area contributed by atoms with Gasteiger partial charge in [-0.1, -0.05) is 6.08 Å². The fraction of sp³-hybridized carbons (Fsp3) is 0.769. The summed E-state index contributed by atoms with van der Waals surface area (Å²) in [5.74, 6) is 0.207. The van der Waals surface area contributed by atoms with E-state index in [0.717, 1.165) is 19.6 Å². The van der Waals surface area contributed by atoms with E-state index in [9.17, 15) is 4.79 Å². The van der Waals surface area contributed by atoms with Crippen molar-refractivity contribution in [3.63, 3.8) is 0 Å². The maximum Gasteiger partial charge on any atom is 0.246 e. The molecule has 2 aliphatic rings. The zero-order valence-electron chi connectivity index (χ0n) is 10.0. The number of hydrogen-bond donors (Lipinski definition) is 0. The number of rotatable bonds is 3. The van der Waals surface area contributed by atoms with Gasteiger partial charge in [0.15, 0.2) is 0 Å². The molecule has 3 heteroatoms. The van der Waals surface area contributed by atoms with Crippen molar-refractivity contribution in [2.45, 2.75) is 32.1 Å². The van der Waals surface area contributed by atoms with Crippen LogP contribution in [0.4, 0.5) is 0 Å². The largest absolute Gasteiger partial charge is 0.339 e. The average Bonchev–Trinajstić information content (AvgIpc) is 2.83. The van der Waals surface area contributed by atoms with Gasteiger partial charge in [0.1, 0.15) is 0 Å². The highest BCUT2D eigenvalue weighted by atomic mass is 16.2. The Morgan fingerprint density at radius 1 is 0.938 bits per heavy atom. The molecule has 2 fully saturated rings. The lowest BCUT2D eigenvalue weighted by molar-refractivity contribution is -0.126. The highest BCUT2D eigenvalue weighted by Gasteiger charge is 2.14. The average molecular weight is 222 g/mol. The van der Waals surface area contributed by atoms with E-state index in [1.165, 1.54) is 45.2 Å². The Labute approximate surface area is 98.1 Å². The highest BCUT2D eigenvalue weighted by Crippen LogP contribution is 2.09. The third-order valence-corrected chi connectivity index (χ3v) is 3.49. The highest BCUT2D eigenvalue weighted by molar-refractivity contribution is 5.87. The van der Waals surface area contributed by atoms with Crippen LogP contribution in [0.1, 0.15) is 32.1 Å². The standard InChI is InChI=1S/C13H22N2O/c16-13(15-11-2-1-3-12-15)7-6-10-14-8-4-5-9-14/h6-7H,1-5,8-12H2/b7-6+. The molecule has 2 saturated heterocycles. The van der Waals surface area contributed by atoms with E-state index >= 15 is 0 Å². The van der Waals surface area contributed by atoms with Crippen LogP contribution in [-0.4, -0.2) is 48.4 Å². The summed E-state index contributed by atoms with van der Waals surface area (Å²) in [6, 6.07) is 0. The van der Waals surface area contributed by atoms with Crippen LogP contribution in [0.25, 0.3) is 0 Å². The van der Waals surface area contributed by atoms with Crippen molar-refractivity contribution in [3.05, 3.63) is 12.2 Å². The first-order valence-electron chi connectivity index (χ1n) is 6.54. The second kappa shape index (κ2) is 6.04. The third kappa shape index (κ3) is 3.34. The fourth-order valence-corrected chi connectivity index (χ4v) is 2.49. The number of likely N-dealkylation sites (tertiary alicyclic amines) is 2. The molecule has 1 amide bonds. The van der Waals surface area contributed by atoms with Crippen LogP contribution in [0.15, 0.2) is 12.2 Å². The summed E-state index contributed by atoms with van der Waals surface area (Å²) in [5, 5.41) is 0. The molecule has 16 heavy (non-hydrogen) atoms. The van der Waals surface area contributed by atoms with Gasteiger partial charge in [-0.05, 0) is 45.2 Å². The third-order valence-electron chi connectivity index (χ3n) is 3.49. The van der Waals surface area contributed by atoms with Crippen molar-refractivity contribution >= 4 is 5.91 Å². The Balaban J connectivity index is 1.70. The first-order valence-corrected chi connectivity index (χ1v) is 6.54. The molecule has 2 rings (SSSR count). The second-order valence-electron chi connectivity index (χ2n) is 4.80. The number of hydrogen-bond acceptors (Lipinski definition) is 2. The Morgan fingerprint density at radius 3 is 2.25 bits per heavy atom. The van der Waals surface area contributed by atoms with E-state index in [-0.39, 0.29) is 5.91 Å². The molecule has 0 aromatic rings. The van der Waals surface area contributed by atoms with Crippen LogP contribution in [0.5, 0.6) is 0 Å². The lowest BCUT2D eigenvalue weighted by Crippen LogP contribution is -2.34. The molecule has 90 valence electrons. The Kier molecular flexibility index (Phi) is 4.40. The normalized spacial score (nSPS) is 23.1. The number of carbonyl (C=O) groups is 1. The zero-order chi connectivity index (χ0) is 11.2. The van der Waals surface area contributed by atoms with E-state index in [4.69, 9.17) is 0 Å². The number of piperidine rings is 1. The quantitative estimate of drug-likeness (QED) is 0.678. The number of amides is 1. The lowest BCUT2D eigenvalue weighted by atomic mass is 10.1. The topological polar surface area (TPSA) is 23.6 Å². The number of carbonyl (C=O) groups excluding carboxylic acids is 1. The number of nitrogens with zero attached hydrogens (tertiary/aromatic N) is 2. The summed E-state index contributed by atoms with van der Waals surface area (Å²) in [6.45, 7) is 5.24. The van der Waals surface area contributed by atoms with Crippen molar-refractivity contribution in [2.75, 3.05) is 32.7 Å².